The molecule has 35 heavy (non-hydrogen) atoms. The van der Waals surface area contributed by atoms with Gasteiger partial charge in [-0.05, 0) is 49.7 Å². The smallest absolute Gasteiger partial charge is 0.345 e. The molecule has 0 saturated heterocycles. The van der Waals surface area contributed by atoms with Crippen LogP contribution in [0.3, 0.4) is 0 Å². The van der Waals surface area contributed by atoms with E-state index in [0.717, 1.165) is 40.0 Å². The van der Waals surface area contributed by atoms with Crippen LogP contribution in [0.4, 0.5) is 5.69 Å². The maximum Gasteiger partial charge on any atom is 0.345 e. The molecule has 3 aromatic heterocycles. The first kappa shape index (κ1) is 23.0. The van der Waals surface area contributed by atoms with Crippen molar-refractivity contribution >= 4 is 56.0 Å². The quantitative estimate of drug-likeness (QED) is 0.222. The van der Waals surface area contributed by atoms with Crippen LogP contribution in [0.15, 0.2) is 79.3 Å². The average molecular weight is 505 g/mol. The second kappa shape index (κ2) is 9.48. The van der Waals surface area contributed by atoms with Crippen molar-refractivity contribution < 1.29 is 4.42 Å². The summed E-state index contributed by atoms with van der Waals surface area (Å²) in [5.74, 6) is 0. The van der Waals surface area contributed by atoms with Gasteiger partial charge in [0.1, 0.15) is 16.7 Å². The van der Waals surface area contributed by atoms with Crippen LogP contribution >= 0.6 is 22.9 Å². The maximum atomic E-state index is 13.2. The van der Waals surface area contributed by atoms with Crippen molar-refractivity contribution in [3.63, 3.8) is 0 Å². The Balaban J connectivity index is 1.52. The zero-order valence-corrected chi connectivity index (χ0v) is 20.6. The van der Waals surface area contributed by atoms with Crippen LogP contribution in [0, 0.1) is 0 Å². The van der Waals surface area contributed by atoms with E-state index in [9.17, 15) is 9.59 Å². The molecule has 0 bridgehead atoms. The third-order valence-electron chi connectivity index (χ3n) is 5.83. The highest BCUT2D eigenvalue weighted by Crippen LogP contribution is 2.31. The van der Waals surface area contributed by atoms with E-state index in [-0.39, 0.29) is 11.1 Å². The fourth-order valence-electron chi connectivity index (χ4n) is 3.96. The monoisotopic (exact) mass is 504 g/mol. The maximum absolute atomic E-state index is 13.2. The van der Waals surface area contributed by atoms with Crippen LogP contribution in [0.5, 0.6) is 0 Å². The molecule has 0 fully saturated rings. The van der Waals surface area contributed by atoms with Gasteiger partial charge < -0.3 is 9.32 Å². The highest BCUT2D eigenvalue weighted by atomic mass is 35.5. The van der Waals surface area contributed by atoms with Crippen LogP contribution < -0.4 is 16.1 Å². The van der Waals surface area contributed by atoms with Crippen molar-refractivity contribution in [3.05, 3.63) is 91.6 Å². The van der Waals surface area contributed by atoms with E-state index < -0.39 is 5.63 Å². The Bertz CT molecular complexity index is 1680. The number of anilines is 1. The molecule has 0 amide bonds. The summed E-state index contributed by atoms with van der Waals surface area (Å²) in [7, 11) is 0. The number of nitrogens with zero attached hydrogens (tertiary/aromatic N) is 4. The zero-order chi connectivity index (χ0) is 24.5. The lowest BCUT2D eigenvalue weighted by molar-refractivity contribution is 0.559. The largest absolute Gasteiger partial charge is 0.422 e. The Morgan fingerprint density at radius 1 is 1.11 bits per heavy atom. The number of hydrogen-bond donors (Lipinski definition) is 0. The van der Waals surface area contributed by atoms with E-state index in [2.05, 4.69) is 28.8 Å². The Hall–Kier alpha value is -3.75. The van der Waals surface area contributed by atoms with Gasteiger partial charge in [0, 0.05) is 46.2 Å². The summed E-state index contributed by atoms with van der Waals surface area (Å²) >= 11 is 7.38. The molecule has 7 nitrogen and oxygen atoms in total. The van der Waals surface area contributed by atoms with Crippen LogP contribution in [0.25, 0.3) is 32.3 Å². The van der Waals surface area contributed by atoms with Gasteiger partial charge >= 0.3 is 5.63 Å². The molecule has 0 aliphatic carbocycles. The minimum absolute atomic E-state index is 0.239. The Labute approximate surface area is 209 Å². The first-order chi connectivity index (χ1) is 17.0. The molecule has 3 heterocycles. The number of rotatable bonds is 6. The minimum Gasteiger partial charge on any atom is -0.422 e. The lowest BCUT2D eigenvalue weighted by atomic mass is 10.1. The van der Waals surface area contributed by atoms with E-state index >= 15 is 0 Å². The SMILES string of the molecule is CCN(CC)c1ccc2cc(/C=N/n3cnc4scc(-c5ccc(Cl)cc5)c4c3=O)c(=O)oc2c1. The number of halogens is 1. The van der Waals surface area contributed by atoms with Crippen molar-refractivity contribution in [1.82, 2.24) is 9.66 Å². The van der Waals surface area contributed by atoms with Gasteiger partial charge in [0.2, 0.25) is 0 Å². The molecule has 0 aliphatic heterocycles. The van der Waals surface area contributed by atoms with Gasteiger partial charge in [-0.1, -0.05) is 23.7 Å². The third kappa shape index (κ3) is 4.38. The standard InChI is InChI=1S/C26H21ClN4O3S/c1-3-30(4-2)20-10-7-17-11-18(26(33)34-22(17)12-20)13-29-31-15-28-24-23(25(31)32)21(14-35-24)16-5-8-19(27)9-6-16/h5-15H,3-4H2,1-2H3/b29-13+. The molecule has 0 N–H and O–H groups in total. The number of benzene rings is 2. The van der Waals surface area contributed by atoms with E-state index in [1.165, 1.54) is 23.9 Å². The summed E-state index contributed by atoms with van der Waals surface area (Å²) in [5, 5.41) is 7.97. The van der Waals surface area contributed by atoms with Gasteiger partial charge in [0.15, 0.2) is 0 Å². The lowest BCUT2D eigenvalue weighted by Crippen LogP contribution is -2.21. The van der Waals surface area contributed by atoms with Crippen molar-refractivity contribution in [2.24, 2.45) is 5.10 Å². The Kier molecular flexibility index (Phi) is 6.23. The topological polar surface area (TPSA) is 80.7 Å². The normalized spacial score (nSPS) is 11.6. The fourth-order valence-corrected chi connectivity index (χ4v) is 5.00. The van der Waals surface area contributed by atoms with E-state index in [1.54, 1.807) is 18.2 Å². The molecule has 2 aromatic carbocycles. The van der Waals surface area contributed by atoms with Crippen LogP contribution in [-0.2, 0) is 0 Å². The predicted octanol–water partition coefficient (Wildman–Crippen LogP) is 5.61. The molecule has 176 valence electrons. The molecular weight excluding hydrogens is 484 g/mol. The van der Waals surface area contributed by atoms with Gasteiger partial charge in [-0.3, -0.25) is 4.79 Å². The average Bonchev–Trinajstić information content (AvgIpc) is 3.30. The highest BCUT2D eigenvalue weighted by molar-refractivity contribution is 7.17. The predicted molar refractivity (Wildman–Crippen MR) is 143 cm³/mol. The molecule has 0 spiro atoms. The van der Waals surface area contributed by atoms with Crippen molar-refractivity contribution in [1.29, 1.82) is 0 Å². The Morgan fingerprint density at radius 2 is 1.89 bits per heavy atom. The summed E-state index contributed by atoms with van der Waals surface area (Å²) in [6.07, 6.45) is 2.68. The summed E-state index contributed by atoms with van der Waals surface area (Å²) < 4.78 is 6.68. The molecule has 0 radical (unpaired) electrons. The molecule has 0 saturated carbocycles. The highest BCUT2D eigenvalue weighted by Gasteiger charge is 2.13. The molecule has 0 unspecified atom stereocenters. The van der Waals surface area contributed by atoms with Gasteiger partial charge in [-0.15, -0.1) is 11.3 Å². The minimum atomic E-state index is -0.530. The second-order valence-corrected chi connectivity index (χ2v) is 9.15. The summed E-state index contributed by atoms with van der Waals surface area (Å²) in [6, 6.07) is 14.7. The summed E-state index contributed by atoms with van der Waals surface area (Å²) in [5.41, 5.74) is 2.50. The third-order valence-corrected chi connectivity index (χ3v) is 6.97. The lowest BCUT2D eigenvalue weighted by Gasteiger charge is -2.20. The fraction of sp³-hybridized carbons (Fsp3) is 0.154. The molecular formula is C26H21ClN4O3S. The number of fused-ring (bicyclic) bond motifs is 2. The van der Waals surface area contributed by atoms with Gasteiger partial charge in [0.25, 0.3) is 5.56 Å². The Morgan fingerprint density at radius 3 is 2.63 bits per heavy atom. The molecule has 5 aromatic rings. The van der Waals surface area contributed by atoms with Gasteiger partial charge in [-0.25, -0.2) is 9.78 Å². The number of thiophene rings is 1. The van der Waals surface area contributed by atoms with E-state index in [1.807, 2.05) is 35.7 Å². The summed E-state index contributed by atoms with van der Waals surface area (Å²) in [6.45, 7) is 5.86. The number of hydrogen-bond acceptors (Lipinski definition) is 7. The molecule has 9 heteroatoms. The molecule has 0 atom stereocenters. The van der Waals surface area contributed by atoms with Crippen molar-refractivity contribution in [2.45, 2.75) is 13.8 Å². The molecule has 5 rings (SSSR count). The van der Waals surface area contributed by atoms with Crippen molar-refractivity contribution in [2.75, 3.05) is 18.0 Å². The second-order valence-electron chi connectivity index (χ2n) is 7.86. The van der Waals surface area contributed by atoms with Gasteiger partial charge in [-0.2, -0.15) is 9.78 Å². The first-order valence-electron chi connectivity index (χ1n) is 11.1. The van der Waals surface area contributed by atoms with Crippen LogP contribution in [-0.4, -0.2) is 29.0 Å². The zero-order valence-electron chi connectivity index (χ0n) is 19.1. The van der Waals surface area contributed by atoms with Gasteiger partial charge in [0.05, 0.1) is 17.2 Å². The van der Waals surface area contributed by atoms with Crippen molar-refractivity contribution in [3.8, 4) is 11.1 Å². The number of aromatic nitrogens is 2. The summed E-state index contributed by atoms with van der Waals surface area (Å²) in [4.78, 5) is 33.0. The van der Waals surface area contributed by atoms with Crippen LogP contribution in [0.1, 0.15) is 19.4 Å². The first-order valence-corrected chi connectivity index (χ1v) is 12.4. The van der Waals surface area contributed by atoms with E-state index in [0.29, 0.717) is 20.8 Å². The van der Waals surface area contributed by atoms with Crippen LogP contribution in [0.2, 0.25) is 5.02 Å². The molecule has 0 aliphatic rings. The van der Waals surface area contributed by atoms with E-state index in [4.69, 9.17) is 16.0 Å².